The summed E-state index contributed by atoms with van der Waals surface area (Å²) in [6.07, 6.45) is 1.03. The molecule has 0 unspecified atom stereocenters. The molecule has 3 aromatic rings. The molecule has 6 nitrogen and oxygen atoms in total. The molecular weight excluding hydrogens is 438 g/mol. The van der Waals surface area contributed by atoms with Crippen LogP contribution in [0, 0.1) is 5.92 Å². The second kappa shape index (κ2) is 9.44. The number of likely N-dealkylation sites (tertiary alicyclic amines) is 1. The molecular formula is C29H31N3O3. The standard InChI is InChI=1S/C29H31N3O3/c33-28(22-6-2-1-3-7-22)31-17-21-16-24(20-31)27-11-10-26(29(34)32(27)18-21)25-9-5-4-8-23(25)19-30-12-14-35-15-13-30/h1-11,21,24H,12-20H2/t21-,24-/m1/s1. The van der Waals surface area contributed by atoms with Crippen LogP contribution >= 0.6 is 0 Å². The quantitative estimate of drug-likeness (QED) is 0.586. The normalized spacial score (nSPS) is 22.0. The third-order valence-electron chi connectivity index (χ3n) is 7.72. The van der Waals surface area contributed by atoms with Gasteiger partial charge in [0.25, 0.3) is 11.5 Å². The first kappa shape index (κ1) is 22.3. The summed E-state index contributed by atoms with van der Waals surface area (Å²) >= 11 is 0. The number of pyridine rings is 1. The highest BCUT2D eigenvalue weighted by molar-refractivity contribution is 5.94. The fourth-order valence-corrected chi connectivity index (χ4v) is 6.00. The maximum absolute atomic E-state index is 13.8. The SMILES string of the molecule is O=C(c1ccccc1)N1C[C@H]2C[C@H](C1)c1ccc(-c3ccccc3CN3CCOCC3)c(=O)n1C2. The zero-order chi connectivity index (χ0) is 23.8. The Bertz CT molecular complexity index is 1280. The predicted molar refractivity (Wildman–Crippen MR) is 135 cm³/mol. The van der Waals surface area contributed by atoms with E-state index in [9.17, 15) is 9.59 Å². The third kappa shape index (κ3) is 4.32. The van der Waals surface area contributed by atoms with E-state index < -0.39 is 0 Å². The Balaban J connectivity index is 1.29. The van der Waals surface area contributed by atoms with Gasteiger partial charge in [-0.25, -0.2) is 0 Å². The highest BCUT2D eigenvalue weighted by Crippen LogP contribution is 2.36. The predicted octanol–water partition coefficient (Wildman–Crippen LogP) is 3.61. The summed E-state index contributed by atoms with van der Waals surface area (Å²) in [7, 11) is 0. The van der Waals surface area contributed by atoms with Crippen molar-refractivity contribution in [3.8, 4) is 11.1 Å². The van der Waals surface area contributed by atoms with E-state index in [2.05, 4.69) is 29.2 Å². The summed E-state index contributed by atoms with van der Waals surface area (Å²) in [6, 6.07) is 21.9. The van der Waals surface area contributed by atoms with Crippen LogP contribution in [0.4, 0.5) is 0 Å². The molecule has 35 heavy (non-hydrogen) atoms. The number of hydrogen-bond acceptors (Lipinski definition) is 4. The van der Waals surface area contributed by atoms with E-state index in [4.69, 9.17) is 4.74 Å². The molecule has 3 aliphatic rings. The van der Waals surface area contributed by atoms with E-state index in [-0.39, 0.29) is 17.4 Å². The molecule has 6 rings (SSSR count). The molecule has 6 heteroatoms. The van der Waals surface area contributed by atoms with Crippen molar-refractivity contribution in [2.24, 2.45) is 5.92 Å². The van der Waals surface area contributed by atoms with E-state index in [1.54, 1.807) is 0 Å². The highest BCUT2D eigenvalue weighted by Gasteiger charge is 2.37. The number of amides is 1. The van der Waals surface area contributed by atoms with Crippen LogP contribution in [-0.2, 0) is 17.8 Å². The number of hydrogen-bond donors (Lipinski definition) is 0. The lowest BCUT2D eigenvalue weighted by molar-refractivity contribution is 0.0342. The van der Waals surface area contributed by atoms with E-state index in [1.807, 2.05) is 51.9 Å². The van der Waals surface area contributed by atoms with Crippen molar-refractivity contribution in [3.63, 3.8) is 0 Å². The maximum atomic E-state index is 13.8. The van der Waals surface area contributed by atoms with Gasteiger partial charge in [-0.2, -0.15) is 0 Å². The lowest BCUT2D eigenvalue weighted by atomic mass is 9.82. The Morgan fingerprint density at radius 2 is 1.63 bits per heavy atom. The van der Waals surface area contributed by atoms with E-state index in [0.717, 1.165) is 61.7 Å². The van der Waals surface area contributed by atoms with Gasteiger partial charge in [-0.05, 0) is 47.7 Å². The van der Waals surface area contributed by atoms with Gasteiger partial charge >= 0.3 is 0 Å². The number of piperidine rings is 1. The van der Waals surface area contributed by atoms with Gasteiger partial charge in [-0.1, -0.05) is 42.5 Å². The molecule has 0 radical (unpaired) electrons. The number of rotatable bonds is 4. The largest absolute Gasteiger partial charge is 0.379 e. The van der Waals surface area contributed by atoms with Crippen molar-refractivity contribution in [2.75, 3.05) is 39.4 Å². The van der Waals surface area contributed by atoms with Crippen molar-refractivity contribution in [1.82, 2.24) is 14.4 Å². The summed E-state index contributed by atoms with van der Waals surface area (Å²) in [4.78, 5) is 31.2. The van der Waals surface area contributed by atoms with Crippen LogP contribution in [0.25, 0.3) is 11.1 Å². The van der Waals surface area contributed by atoms with E-state index in [1.165, 1.54) is 5.56 Å². The topological polar surface area (TPSA) is 54.8 Å². The number of benzene rings is 2. The third-order valence-corrected chi connectivity index (χ3v) is 7.72. The molecule has 3 aliphatic heterocycles. The molecule has 2 aromatic carbocycles. The van der Waals surface area contributed by atoms with Crippen molar-refractivity contribution >= 4 is 5.91 Å². The first-order chi connectivity index (χ1) is 17.2. The van der Waals surface area contributed by atoms with Crippen LogP contribution < -0.4 is 5.56 Å². The second-order valence-electron chi connectivity index (χ2n) is 10.0. The molecule has 4 heterocycles. The van der Waals surface area contributed by atoms with Crippen molar-refractivity contribution in [1.29, 1.82) is 0 Å². The molecule has 2 atom stereocenters. The number of fused-ring (bicyclic) bond motifs is 4. The zero-order valence-corrected chi connectivity index (χ0v) is 19.9. The minimum atomic E-state index is 0.0877. The average Bonchev–Trinajstić information content (AvgIpc) is 2.90. The highest BCUT2D eigenvalue weighted by atomic mass is 16.5. The van der Waals surface area contributed by atoms with Crippen LogP contribution in [0.1, 0.15) is 34.0 Å². The monoisotopic (exact) mass is 469 g/mol. The fourth-order valence-electron chi connectivity index (χ4n) is 6.00. The van der Waals surface area contributed by atoms with Crippen molar-refractivity contribution < 1.29 is 9.53 Å². The van der Waals surface area contributed by atoms with Gasteiger partial charge in [0.15, 0.2) is 0 Å². The number of ether oxygens (including phenoxy) is 1. The lowest BCUT2D eigenvalue weighted by Crippen LogP contribution is -2.49. The van der Waals surface area contributed by atoms with Gasteiger partial charge in [0.05, 0.1) is 13.2 Å². The van der Waals surface area contributed by atoms with Gasteiger partial charge in [-0.15, -0.1) is 0 Å². The fraction of sp³-hybridized carbons (Fsp3) is 0.379. The molecule has 1 amide bonds. The summed E-state index contributed by atoms with van der Waals surface area (Å²) in [5, 5.41) is 0. The smallest absolute Gasteiger partial charge is 0.258 e. The van der Waals surface area contributed by atoms with Crippen molar-refractivity contribution in [3.05, 3.63) is 93.9 Å². The zero-order valence-electron chi connectivity index (χ0n) is 19.9. The number of aromatic nitrogens is 1. The van der Waals surface area contributed by atoms with Crippen LogP contribution in [0.5, 0.6) is 0 Å². The van der Waals surface area contributed by atoms with E-state index in [0.29, 0.717) is 25.6 Å². The second-order valence-corrected chi connectivity index (χ2v) is 10.0. The number of morpholine rings is 1. The Hall–Kier alpha value is -3.22. The summed E-state index contributed by atoms with van der Waals surface area (Å²) < 4.78 is 7.49. The van der Waals surface area contributed by atoms with Crippen molar-refractivity contribution in [2.45, 2.75) is 25.4 Å². The Kier molecular flexibility index (Phi) is 6.00. The lowest BCUT2D eigenvalue weighted by Gasteiger charge is -2.43. The summed E-state index contributed by atoms with van der Waals surface area (Å²) in [5.74, 6) is 0.579. The van der Waals surface area contributed by atoms with Crippen LogP contribution in [0.3, 0.4) is 0 Å². The molecule has 0 saturated carbocycles. The molecule has 180 valence electrons. The Morgan fingerprint density at radius 3 is 2.46 bits per heavy atom. The van der Waals surface area contributed by atoms with E-state index >= 15 is 0 Å². The Morgan fingerprint density at radius 1 is 0.857 bits per heavy atom. The summed E-state index contributed by atoms with van der Waals surface area (Å²) in [6.45, 7) is 6.21. The molecule has 1 aromatic heterocycles. The number of nitrogens with zero attached hydrogens (tertiary/aromatic N) is 3. The minimum Gasteiger partial charge on any atom is -0.379 e. The van der Waals surface area contributed by atoms with Crippen LogP contribution in [-0.4, -0.2) is 59.7 Å². The maximum Gasteiger partial charge on any atom is 0.258 e. The molecule has 0 spiro atoms. The van der Waals surface area contributed by atoms with Crippen LogP contribution in [0.15, 0.2) is 71.5 Å². The minimum absolute atomic E-state index is 0.0877. The van der Waals surface area contributed by atoms with Gasteiger partial charge in [0.1, 0.15) is 0 Å². The van der Waals surface area contributed by atoms with Gasteiger partial charge in [0.2, 0.25) is 0 Å². The number of carbonyl (C=O) groups is 1. The molecule has 2 saturated heterocycles. The molecule has 2 bridgehead atoms. The first-order valence-electron chi connectivity index (χ1n) is 12.6. The molecule has 2 fully saturated rings. The Labute approximate surface area is 205 Å². The average molecular weight is 470 g/mol. The summed E-state index contributed by atoms with van der Waals surface area (Å²) in [5.41, 5.74) is 4.87. The van der Waals surface area contributed by atoms with Crippen LogP contribution in [0.2, 0.25) is 0 Å². The van der Waals surface area contributed by atoms with Gasteiger partial charge in [0, 0.05) is 62.0 Å². The molecule has 0 aliphatic carbocycles. The first-order valence-corrected chi connectivity index (χ1v) is 12.6. The molecule has 0 N–H and O–H groups in total. The van der Waals surface area contributed by atoms with Gasteiger partial charge < -0.3 is 14.2 Å². The number of carbonyl (C=O) groups excluding carboxylic acids is 1. The van der Waals surface area contributed by atoms with Gasteiger partial charge in [-0.3, -0.25) is 14.5 Å².